The van der Waals surface area contributed by atoms with Gasteiger partial charge in [-0.15, -0.1) is 12.4 Å². The Morgan fingerprint density at radius 2 is 1.96 bits per heavy atom. The minimum atomic E-state index is -1.67. The molecule has 1 fully saturated rings. The van der Waals surface area contributed by atoms with Crippen LogP contribution in [0.3, 0.4) is 0 Å². The first-order chi connectivity index (χ1) is 12.4. The molecule has 0 aliphatic carbocycles. The first-order valence-electron chi connectivity index (χ1n) is 8.45. The summed E-state index contributed by atoms with van der Waals surface area (Å²) in [6, 6.07) is 1.63. The fourth-order valence-electron chi connectivity index (χ4n) is 2.79. The predicted octanol–water partition coefficient (Wildman–Crippen LogP) is 2.21. The Kier molecular flexibility index (Phi) is 9.01. The van der Waals surface area contributed by atoms with Gasteiger partial charge in [0.15, 0.2) is 17.5 Å². The third kappa shape index (κ3) is 5.82. The Balaban J connectivity index is 0.00000364. The number of nitrogens with zero attached hydrogens (tertiary/aromatic N) is 1. The van der Waals surface area contributed by atoms with Gasteiger partial charge >= 0.3 is 0 Å². The van der Waals surface area contributed by atoms with Crippen molar-refractivity contribution < 1.29 is 27.5 Å². The van der Waals surface area contributed by atoms with Gasteiger partial charge in [-0.2, -0.15) is 0 Å². The molecule has 1 saturated heterocycles. The van der Waals surface area contributed by atoms with E-state index in [1.54, 1.807) is 0 Å². The van der Waals surface area contributed by atoms with E-state index in [-0.39, 0.29) is 31.0 Å². The van der Waals surface area contributed by atoms with Gasteiger partial charge in [-0.25, -0.2) is 13.2 Å². The molecule has 2 amide bonds. The number of halogens is 4. The normalized spacial score (nSPS) is 18.7. The molecule has 1 aromatic rings. The maximum atomic E-state index is 13.7. The molecule has 3 N–H and O–H groups in total. The Morgan fingerprint density at radius 1 is 1.26 bits per heavy atom. The molecule has 0 unspecified atom stereocenters. The lowest BCUT2D eigenvalue weighted by molar-refractivity contribution is -0.144. The van der Waals surface area contributed by atoms with Crippen molar-refractivity contribution >= 4 is 29.9 Å². The molecule has 1 heterocycles. The molecule has 2 atom stereocenters. The first-order valence-corrected chi connectivity index (χ1v) is 8.45. The van der Waals surface area contributed by atoms with Crippen molar-refractivity contribution in [2.45, 2.75) is 38.4 Å². The second kappa shape index (κ2) is 10.5. The summed E-state index contributed by atoms with van der Waals surface area (Å²) < 4.78 is 45.4. The summed E-state index contributed by atoms with van der Waals surface area (Å²) in [4.78, 5) is 26.0. The Morgan fingerprint density at radius 3 is 2.56 bits per heavy atom. The summed E-state index contributed by atoms with van der Waals surface area (Å²) in [6.07, 6.45) is 0.936. The van der Waals surface area contributed by atoms with Crippen molar-refractivity contribution in [3.05, 3.63) is 29.6 Å². The van der Waals surface area contributed by atoms with Crippen molar-refractivity contribution in [1.29, 1.82) is 0 Å². The highest BCUT2D eigenvalue weighted by Crippen LogP contribution is 2.22. The highest BCUT2D eigenvalue weighted by molar-refractivity contribution is 5.95. The van der Waals surface area contributed by atoms with E-state index in [0.29, 0.717) is 38.4 Å². The zero-order chi connectivity index (χ0) is 19.3. The quantitative estimate of drug-likeness (QED) is 0.676. The van der Waals surface area contributed by atoms with Gasteiger partial charge in [0.1, 0.15) is 6.10 Å². The van der Waals surface area contributed by atoms with E-state index in [1.807, 2.05) is 6.92 Å². The van der Waals surface area contributed by atoms with Gasteiger partial charge in [0.25, 0.3) is 5.91 Å². The summed E-state index contributed by atoms with van der Waals surface area (Å²) in [5, 5.41) is 2.16. The molecule has 10 heteroatoms. The Bertz CT molecular complexity index is 678. The van der Waals surface area contributed by atoms with Crippen molar-refractivity contribution in [2.24, 2.45) is 5.73 Å². The van der Waals surface area contributed by atoms with Crippen LogP contribution in [0.4, 0.5) is 18.9 Å². The highest BCUT2D eigenvalue weighted by Gasteiger charge is 2.33. The van der Waals surface area contributed by atoms with Crippen LogP contribution in [-0.4, -0.2) is 48.6 Å². The van der Waals surface area contributed by atoms with Gasteiger partial charge < -0.3 is 20.7 Å². The lowest BCUT2D eigenvalue weighted by Crippen LogP contribution is -2.44. The lowest BCUT2D eigenvalue weighted by atomic mass is 10.1. The van der Waals surface area contributed by atoms with Crippen LogP contribution < -0.4 is 11.1 Å². The van der Waals surface area contributed by atoms with Crippen molar-refractivity contribution in [3.63, 3.8) is 0 Å². The Labute approximate surface area is 161 Å². The fraction of sp³-hybridized carbons (Fsp3) is 0.529. The van der Waals surface area contributed by atoms with Gasteiger partial charge in [0.05, 0.1) is 18.3 Å². The molecule has 2 rings (SSSR count). The third-order valence-corrected chi connectivity index (χ3v) is 4.09. The molecule has 0 bridgehead atoms. The van der Waals surface area contributed by atoms with Crippen LogP contribution in [0, 0.1) is 17.5 Å². The summed E-state index contributed by atoms with van der Waals surface area (Å²) in [5.41, 5.74) is 5.04. The van der Waals surface area contributed by atoms with Crippen LogP contribution in [0.5, 0.6) is 0 Å². The molecular formula is C17H23ClF3N3O3. The molecule has 0 spiro atoms. The molecule has 0 saturated carbocycles. The average molecular weight is 410 g/mol. The minimum absolute atomic E-state index is 0. The number of amides is 2. The molecule has 152 valence electrons. The second-order valence-corrected chi connectivity index (χ2v) is 6.09. The highest BCUT2D eigenvalue weighted by atomic mass is 35.5. The summed E-state index contributed by atoms with van der Waals surface area (Å²) in [6.45, 7) is 2.11. The molecule has 0 radical (unpaired) electrons. The van der Waals surface area contributed by atoms with Gasteiger partial charge in [-0.3, -0.25) is 9.59 Å². The molecule has 27 heavy (non-hydrogen) atoms. The molecule has 6 nitrogen and oxygen atoms in total. The number of nitrogens with one attached hydrogen (secondary N) is 1. The largest absolute Gasteiger partial charge is 0.364 e. The topological polar surface area (TPSA) is 84.7 Å². The standard InChI is InChI=1S/C17H22F3N3O3.ClH/c1-2-7-23(17(25)13-6-3-10(8-21)26-13)9-14(24)22-12-5-4-11(18)15(19)16(12)20;/h4-5,10,13H,2-3,6-9,21H2,1H3,(H,22,24);1H/t10-,13+;/m1./s1. The number of hydrogen-bond acceptors (Lipinski definition) is 4. The van der Waals surface area contributed by atoms with E-state index in [1.165, 1.54) is 4.90 Å². The third-order valence-electron chi connectivity index (χ3n) is 4.09. The zero-order valence-corrected chi connectivity index (χ0v) is 15.7. The van der Waals surface area contributed by atoms with E-state index in [2.05, 4.69) is 5.32 Å². The predicted molar refractivity (Wildman–Crippen MR) is 96.0 cm³/mol. The van der Waals surface area contributed by atoms with E-state index in [4.69, 9.17) is 10.5 Å². The smallest absolute Gasteiger partial charge is 0.252 e. The van der Waals surface area contributed by atoms with Crippen LogP contribution in [0.15, 0.2) is 12.1 Å². The number of anilines is 1. The fourth-order valence-corrected chi connectivity index (χ4v) is 2.79. The van der Waals surface area contributed by atoms with E-state index in [0.717, 1.165) is 6.07 Å². The number of carbonyl (C=O) groups excluding carboxylic acids is 2. The van der Waals surface area contributed by atoms with Crippen molar-refractivity contribution in [3.8, 4) is 0 Å². The summed E-state index contributed by atoms with van der Waals surface area (Å²) in [5.74, 6) is -5.57. The lowest BCUT2D eigenvalue weighted by Gasteiger charge is -2.24. The van der Waals surface area contributed by atoms with Crippen LogP contribution in [0.1, 0.15) is 26.2 Å². The van der Waals surface area contributed by atoms with Crippen molar-refractivity contribution in [2.75, 3.05) is 25.0 Å². The molecule has 0 aromatic heterocycles. The van der Waals surface area contributed by atoms with Crippen LogP contribution in [-0.2, 0) is 14.3 Å². The van der Waals surface area contributed by atoms with Crippen LogP contribution >= 0.6 is 12.4 Å². The van der Waals surface area contributed by atoms with Gasteiger partial charge in [-0.1, -0.05) is 6.92 Å². The maximum absolute atomic E-state index is 13.7. The van der Waals surface area contributed by atoms with E-state index >= 15 is 0 Å². The Hall–Kier alpha value is -1.84. The van der Waals surface area contributed by atoms with E-state index in [9.17, 15) is 22.8 Å². The van der Waals surface area contributed by atoms with Crippen LogP contribution in [0.25, 0.3) is 0 Å². The average Bonchev–Trinajstić information content (AvgIpc) is 3.10. The summed E-state index contributed by atoms with van der Waals surface area (Å²) in [7, 11) is 0. The number of hydrogen-bond donors (Lipinski definition) is 2. The monoisotopic (exact) mass is 409 g/mol. The molecule has 1 aromatic carbocycles. The molecule has 1 aliphatic rings. The number of rotatable bonds is 7. The number of ether oxygens (including phenoxy) is 1. The molecular weight excluding hydrogens is 387 g/mol. The van der Waals surface area contributed by atoms with Gasteiger partial charge in [0.2, 0.25) is 5.91 Å². The summed E-state index contributed by atoms with van der Waals surface area (Å²) >= 11 is 0. The maximum Gasteiger partial charge on any atom is 0.252 e. The van der Waals surface area contributed by atoms with Crippen molar-refractivity contribution in [1.82, 2.24) is 4.90 Å². The number of carbonyl (C=O) groups is 2. The van der Waals surface area contributed by atoms with E-state index < -0.39 is 35.2 Å². The van der Waals surface area contributed by atoms with Crippen LogP contribution in [0.2, 0.25) is 0 Å². The van der Waals surface area contributed by atoms with Gasteiger partial charge in [-0.05, 0) is 31.4 Å². The second-order valence-electron chi connectivity index (χ2n) is 6.09. The van der Waals surface area contributed by atoms with Gasteiger partial charge in [0, 0.05) is 13.1 Å². The first kappa shape index (κ1) is 23.2. The number of nitrogens with two attached hydrogens (primary N) is 1. The number of benzene rings is 1. The minimum Gasteiger partial charge on any atom is -0.364 e. The molecule has 1 aliphatic heterocycles. The zero-order valence-electron chi connectivity index (χ0n) is 14.8. The SMILES string of the molecule is CCCN(CC(=O)Nc1ccc(F)c(F)c1F)C(=O)[C@@H]1CC[C@H](CN)O1.Cl.